The van der Waals surface area contributed by atoms with Gasteiger partial charge >= 0.3 is 0 Å². The Kier molecular flexibility index (Phi) is 2.66. The number of rotatable bonds is 1. The van der Waals surface area contributed by atoms with E-state index in [2.05, 4.69) is 9.97 Å². The lowest BCUT2D eigenvalue weighted by Gasteiger charge is -2.56. The van der Waals surface area contributed by atoms with Gasteiger partial charge in [-0.1, -0.05) is 23.2 Å². The van der Waals surface area contributed by atoms with E-state index in [4.69, 9.17) is 23.2 Å². The van der Waals surface area contributed by atoms with Crippen molar-refractivity contribution in [1.29, 1.82) is 0 Å². The molecule has 0 aromatic carbocycles. The van der Waals surface area contributed by atoms with Crippen molar-refractivity contribution in [3.05, 3.63) is 21.7 Å². The molecule has 4 heteroatoms. The van der Waals surface area contributed by atoms with E-state index in [1.165, 1.54) is 38.5 Å². The highest BCUT2D eigenvalue weighted by atomic mass is 35.5. The highest BCUT2D eigenvalue weighted by Gasteiger charge is 2.53. The van der Waals surface area contributed by atoms with E-state index in [1.54, 1.807) is 0 Å². The molecule has 0 atom stereocenters. The highest BCUT2D eigenvalue weighted by molar-refractivity contribution is 6.34. The summed E-state index contributed by atoms with van der Waals surface area (Å²) in [6.07, 6.45) is 8.00. The van der Waals surface area contributed by atoms with E-state index in [-0.39, 0.29) is 5.41 Å². The molecule has 4 saturated carbocycles. The Morgan fingerprint density at radius 3 is 1.74 bits per heavy atom. The first-order chi connectivity index (χ1) is 9.06. The first-order valence-electron chi connectivity index (χ1n) is 7.26. The molecular formula is C15H18Cl2N2. The van der Waals surface area contributed by atoms with Crippen molar-refractivity contribution in [2.75, 3.05) is 0 Å². The quantitative estimate of drug-likeness (QED) is 0.710. The second-order valence-corrected chi connectivity index (χ2v) is 7.67. The lowest BCUT2D eigenvalue weighted by molar-refractivity contribution is -0.00940. The average Bonchev–Trinajstić information content (AvgIpc) is 2.33. The molecule has 0 unspecified atom stereocenters. The predicted molar refractivity (Wildman–Crippen MR) is 76.6 cm³/mol. The third kappa shape index (κ3) is 1.83. The standard InChI is InChI=1S/C15H18Cl2N2/c1-8-12(16)18-14(19-13(8)17)15-5-9-2-10(6-15)4-11(3-9)7-15/h9-11H,2-7H2,1H3. The van der Waals surface area contributed by atoms with Gasteiger partial charge in [0.25, 0.3) is 0 Å². The molecule has 0 radical (unpaired) electrons. The summed E-state index contributed by atoms with van der Waals surface area (Å²) < 4.78 is 0. The van der Waals surface area contributed by atoms with Crippen molar-refractivity contribution in [2.45, 2.75) is 50.9 Å². The van der Waals surface area contributed by atoms with Crippen LogP contribution in [0.4, 0.5) is 0 Å². The average molecular weight is 297 g/mol. The van der Waals surface area contributed by atoms with Crippen LogP contribution < -0.4 is 0 Å². The molecule has 0 N–H and O–H groups in total. The predicted octanol–water partition coefficient (Wildman–Crippen LogP) is 4.56. The monoisotopic (exact) mass is 296 g/mol. The fourth-order valence-electron chi connectivity index (χ4n) is 5.09. The van der Waals surface area contributed by atoms with E-state index in [9.17, 15) is 0 Å². The van der Waals surface area contributed by atoms with Crippen LogP contribution in [0.15, 0.2) is 0 Å². The number of nitrogens with zero attached hydrogens (tertiary/aromatic N) is 2. The SMILES string of the molecule is Cc1c(Cl)nc(C23CC4CC(CC(C4)C2)C3)nc1Cl. The van der Waals surface area contributed by atoms with Crippen molar-refractivity contribution >= 4 is 23.2 Å². The molecular weight excluding hydrogens is 279 g/mol. The maximum absolute atomic E-state index is 6.22. The van der Waals surface area contributed by atoms with Crippen LogP contribution in [-0.4, -0.2) is 9.97 Å². The van der Waals surface area contributed by atoms with Crippen molar-refractivity contribution in [3.8, 4) is 0 Å². The van der Waals surface area contributed by atoms with Crippen LogP contribution in [0, 0.1) is 24.7 Å². The van der Waals surface area contributed by atoms with Crippen LogP contribution in [0.5, 0.6) is 0 Å². The van der Waals surface area contributed by atoms with Gasteiger partial charge in [0.1, 0.15) is 16.1 Å². The minimum absolute atomic E-state index is 0.176. The van der Waals surface area contributed by atoms with Crippen LogP contribution in [-0.2, 0) is 5.41 Å². The van der Waals surface area contributed by atoms with Crippen LogP contribution >= 0.6 is 23.2 Å². The molecule has 4 aliphatic carbocycles. The molecule has 4 aliphatic rings. The Balaban J connectivity index is 1.79. The summed E-state index contributed by atoms with van der Waals surface area (Å²) in [5, 5.41) is 1.07. The second-order valence-electron chi connectivity index (χ2n) is 6.95. The van der Waals surface area contributed by atoms with Gasteiger partial charge in [-0.3, -0.25) is 0 Å². The fourth-order valence-corrected chi connectivity index (χ4v) is 5.47. The Hall–Kier alpha value is -0.340. The second kappa shape index (κ2) is 4.08. The Bertz CT molecular complexity index is 483. The van der Waals surface area contributed by atoms with Crippen molar-refractivity contribution in [2.24, 2.45) is 17.8 Å². The molecule has 2 nitrogen and oxygen atoms in total. The molecule has 5 rings (SSSR count). The van der Waals surface area contributed by atoms with Gasteiger partial charge in [-0.25, -0.2) is 9.97 Å². The molecule has 1 aromatic rings. The Labute approximate surface area is 123 Å². The third-order valence-electron chi connectivity index (χ3n) is 5.54. The molecule has 0 aliphatic heterocycles. The summed E-state index contributed by atoms with van der Waals surface area (Å²) in [6, 6.07) is 0. The maximum Gasteiger partial charge on any atom is 0.138 e. The van der Waals surface area contributed by atoms with Crippen LogP contribution in [0.25, 0.3) is 0 Å². The van der Waals surface area contributed by atoms with Crippen molar-refractivity contribution in [3.63, 3.8) is 0 Å². The molecule has 4 fully saturated rings. The zero-order chi connectivity index (χ0) is 13.2. The summed E-state index contributed by atoms with van der Waals surface area (Å²) in [5.74, 6) is 3.57. The van der Waals surface area contributed by atoms with Crippen LogP contribution in [0.2, 0.25) is 10.3 Å². The van der Waals surface area contributed by atoms with Crippen LogP contribution in [0.1, 0.15) is 49.9 Å². The van der Waals surface area contributed by atoms with E-state index in [1.807, 2.05) is 6.92 Å². The van der Waals surface area contributed by atoms with E-state index in [0.29, 0.717) is 10.3 Å². The van der Waals surface area contributed by atoms with E-state index >= 15 is 0 Å². The Morgan fingerprint density at radius 2 is 1.32 bits per heavy atom. The minimum atomic E-state index is 0.176. The van der Waals surface area contributed by atoms with E-state index in [0.717, 1.165) is 29.1 Å². The van der Waals surface area contributed by atoms with Crippen molar-refractivity contribution < 1.29 is 0 Å². The first kappa shape index (κ1) is 12.4. The largest absolute Gasteiger partial charge is 0.220 e. The van der Waals surface area contributed by atoms with Crippen molar-refractivity contribution in [1.82, 2.24) is 9.97 Å². The van der Waals surface area contributed by atoms with Crippen LogP contribution in [0.3, 0.4) is 0 Å². The number of aromatic nitrogens is 2. The highest BCUT2D eigenvalue weighted by Crippen LogP contribution is 2.60. The zero-order valence-electron chi connectivity index (χ0n) is 11.1. The topological polar surface area (TPSA) is 25.8 Å². The molecule has 0 amide bonds. The minimum Gasteiger partial charge on any atom is -0.220 e. The van der Waals surface area contributed by atoms with Gasteiger partial charge in [0.15, 0.2) is 0 Å². The molecule has 4 bridgehead atoms. The number of halogens is 2. The first-order valence-corrected chi connectivity index (χ1v) is 8.01. The van der Waals surface area contributed by atoms with Gasteiger partial charge in [0, 0.05) is 11.0 Å². The summed E-state index contributed by atoms with van der Waals surface area (Å²) >= 11 is 12.4. The van der Waals surface area contributed by atoms with Gasteiger partial charge in [-0.15, -0.1) is 0 Å². The summed E-state index contributed by atoms with van der Waals surface area (Å²) in [4.78, 5) is 9.19. The fraction of sp³-hybridized carbons (Fsp3) is 0.733. The zero-order valence-corrected chi connectivity index (χ0v) is 12.6. The number of hydrogen-bond acceptors (Lipinski definition) is 2. The summed E-state index contributed by atoms with van der Waals surface area (Å²) in [6.45, 7) is 1.88. The summed E-state index contributed by atoms with van der Waals surface area (Å²) in [5.41, 5.74) is 0.979. The number of hydrogen-bond donors (Lipinski definition) is 0. The van der Waals surface area contributed by atoms with E-state index < -0.39 is 0 Å². The smallest absolute Gasteiger partial charge is 0.138 e. The lowest BCUT2D eigenvalue weighted by Crippen LogP contribution is -2.49. The normalized spacial score (nSPS) is 39.8. The van der Waals surface area contributed by atoms with Gasteiger partial charge < -0.3 is 0 Å². The molecule has 1 heterocycles. The Morgan fingerprint density at radius 1 is 0.895 bits per heavy atom. The molecule has 19 heavy (non-hydrogen) atoms. The molecule has 0 spiro atoms. The van der Waals surface area contributed by atoms with Gasteiger partial charge in [0.05, 0.1) is 0 Å². The molecule has 1 aromatic heterocycles. The maximum atomic E-state index is 6.22. The van der Waals surface area contributed by atoms with Gasteiger partial charge in [0.2, 0.25) is 0 Å². The molecule has 0 saturated heterocycles. The molecule has 102 valence electrons. The van der Waals surface area contributed by atoms with Gasteiger partial charge in [-0.2, -0.15) is 0 Å². The third-order valence-corrected chi connectivity index (χ3v) is 6.28. The lowest BCUT2D eigenvalue weighted by atomic mass is 9.49. The van der Waals surface area contributed by atoms with Gasteiger partial charge in [-0.05, 0) is 63.2 Å². The summed E-state index contributed by atoms with van der Waals surface area (Å²) in [7, 11) is 0.